The molecule has 0 spiro atoms. The number of pyridine rings is 1. The molecular weight excluding hydrogens is 424 g/mol. The van der Waals surface area contributed by atoms with Gasteiger partial charge in [0.2, 0.25) is 11.8 Å². The third kappa shape index (κ3) is 4.99. The molecule has 3 unspecified atom stereocenters. The number of rotatable bonds is 5. The normalized spacial score (nSPS) is 24.1. The molecule has 10 nitrogen and oxygen atoms in total. The van der Waals surface area contributed by atoms with Crippen LogP contribution in [0.25, 0.3) is 0 Å². The minimum atomic E-state index is -0.941. The molecule has 0 aliphatic carbocycles. The molecule has 0 radical (unpaired) electrons. The van der Waals surface area contributed by atoms with Crippen molar-refractivity contribution in [1.82, 2.24) is 20.1 Å². The molecule has 33 heavy (non-hydrogen) atoms. The molecule has 3 rings (SSSR count). The number of ether oxygens (including phenoxy) is 1. The average Bonchev–Trinajstić information content (AvgIpc) is 3.19. The molecule has 1 aromatic heterocycles. The minimum Gasteiger partial charge on any atom is -0.453 e. The van der Waals surface area contributed by atoms with E-state index in [1.165, 1.54) is 7.11 Å². The molecule has 182 valence electrons. The number of anilines is 2. The molecule has 3 N–H and O–H groups in total. The predicted octanol–water partition coefficient (Wildman–Crippen LogP) is 1.46. The van der Waals surface area contributed by atoms with Crippen LogP contribution in [0.5, 0.6) is 0 Å². The van der Waals surface area contributed by atoms with E-state index in [2.05, 4.69) is 22.1 Å². The number of nitrogens with one attached hydrogen (secondary N) is 1. The zero-order chi connectivity index (χ0) is 24.3. The lowest BCUT2D eigenvalue weighted by Crippen LogP contribution is -2.64. The van der Waals surface area contributed by atoms with Crippen molar-refractivity contribution >= 4 is 29.4 Å². The van der Waals surface area contributed by atoms with Crippen molar-refractivity contribution < 1.29 is 19.1 Å². The molecule has 3 atom stereocenters. The van der Waals surface area contributed by atoms with Crippen molar-refractivity contribution in [1.29, 1.82) is 0 Å². The molecule has 2 aliphatic rings. The highest BCUT2D eigenvalue weighted by molar-refractivity contribution is 5.94. The summed E-state index contributed by atoms with van der Waals surface area (Å²) in [5, 5.41) is 2.63. The Labute approximate surface area is 195 Å². The summed E-state index contributed by atoms with van der Waals surface area (Å²) in [6.45, 7) is 9.84. The Bertz CT molecular complexity index is 876. The van der Waals surface area contributed by atoms with Gasteiger partial charge < -0.3 is 30.5 Å². The van der Waals surface area contributed by atoms with Crippen molar-refractivity contribution in [2.75, 3.05) is 43.9 Å². The molecule has 1 aromatic rings. The number of hydrogen-bond donors (Lipinski definition) is 2. The van der Waals surface area contributed by atoms with E-state index in [1.807, 2.05) is 37.8 Å². The van der Waals surface area contributed by atoms with Gasteiger partial charge in [0.15, 0.2) is 0 Å². The van der Waals surface area contributed by atoms with Gasteiger partial charge in [-0.05, 0) is 44.7 Å². The Balaban J connectivity index is 1.73. The lowest BCUT2D eigenvalue weighted by Gasteiger charge is -2.45. The van der Waals surface area contributed by atoms with Crippen LogP contribution in [-0.4, -0.2) is 83.6 Å². The summed E-state index contributed by atoms with van der Waals surface area (Å²) >= 11 is 0. The van der Waals surface area contributed by atoms with Crippen LogP contribution in [-0.2, 0) is 14.3 Å². The topological polar surface area (TPSA) is 121 Å². The summed E-state index contributed by atoms with van der Waals surface area (Å²) in [7, 11) is 1.27. The number of nitrogens with two attached hydrogens (primary N) is 1. The van der Waals surface area contributed by atoms with Crippen LogP contribution in [0.15, 0.2) is 18.3 Å². The quantitative estimate of drug-likeness (QED) is 0.682. The average molecular weight is 461 g/mol. The zero-order valence-corrected chi connectivity index (χ0v) is 20.2. The van der Waals surface area contributed by atoms with E-state index in [0.717, 1.165) is 12.2 Å². The number of methoxy groups -OCH3 is 1. The first-order valence-electron chi connectivity index (χ1n) is 11.5. The van der Waals surface area contributed by atoms with Gasteiger partial charge in [-0.1, -0.05) is 13.8 Å². The second-order valence-corrected chi connectivity index (χ2v) is 9.47. The van der Waals surface area contributed by atoms with Gasteiger partial charge in [0.1, 0.15) is 17.4 Å². The Hall–Kier alpha value is -3.04. The van der Waals surface area contributed by atoms with E-state index in [-0.39, 0.29) is 23.8 Å². The fourth-order valence-electron chi connectivity index (χ4n) is 4.80. The van der Waals surface area contributed by atoms with Gasteiger partial charge in [-0.15, -0.1) is 0 Å². The molecule has 2 saturated heterocycles. The summed E-state index contributed by atoms with van der Waals surface area (Å²) in [4.78, 5) is 49.0. The number of likely N-dealkylation sites (tertiary alicyclic amines) is 1. The van der Waals surface area contributed by atoms with Gasteiger partial charge in [0.25, 0.3) is 0 Å². The van der Waals surface area contributed by atoms with Gasteiger partial charge in [0.05, 0.1) is 19.0 Å². The molecule has 0 bridgehead atoms. The van der Waals surface area contributed by atoms with Gasteiger partial charge in [-0.2, -0.15) is 0 Å². The fraction of sp³-hybridized carbons (Fsp3) is 0.652. The number of aromatic nitrogens is 1. The standard InChI is InChI=1S/C23H36N6O4/c1-15(2)19(26-22(32)33-5)20(30)29-10-6-9-23(29,4)21(31)27-11-12-28(16(3)14-27)18-8-7-17(24)13-25-18/h7-8,13,15-16,19H,6,9-12,14,24H2,1-5H3,(H,26,32). The number of hydrogen-bond acceptors (Lipinski definition) is 7. The SMILES string of the molecule is COC(=O)NC(C(=O)N1CCCC1(C)C(=O)N1CCN(c2ccc(N)cn2)C(C)C1)C(C)C. The van der Waals surface area contributed by atoms with Gasteiger partial charge >= 0.3 is 6.09 Å². The number of carbonyl (C=O) groups is 3. The van der Waals surface area contributed by atoms with Crippen LogP contribution in [0.4, 0.5) is 16.3 Å². The van der Waals surface area contributed by atoms with Gasteiger partial charge in [0, 0.05) is 32.2 Å². The Morgan fingerprint density at radius 1 is 1.24 bits per heavy atom. The minimum absolute atomic E-state index is 0.0503. The largest absolute Gasteiger partial charge is 0.453 e. The number of piperazine rings is 1. The van der Waals surface area contributed by atoms with E-state index >= 15 is 0 Å². The summed E-state index contributed by atoms with van der Waals surface area (Å²) in [6.07, 6.45) is 2.31. The van der Waals surface area contributed by atoms with E-state index < -0.39 is 17.7 Å². The lowest BCUT2D eigenvalue weighted by atomic mass is 9.93. The molecule has 3 amide bonds. The maximum Gasteiger partial charge on any atom is 0.407 e. The third-order valence-electron chi connectivity index (χ3n) is 6.74. The molecule has 2 fully saturated rings. The first kappa shape index (κ1) is 24.6. The molecule has 0 saturated carbocycles. The molecule has 3 heterocycles. The number of alkyl carbamates (subject to hydrolysis) is 1. The number of amides is 3. The highest BCUT2D eigenvalue weighted by atomic mass is 16.5. The van der Waals surface area contributed by atoms with E-state index in [4.69, 9.17) is 10.5 Å². The number of nitrogens with zero attached hydrogens (tertiary/aromatic N) is 4. The Morgan fingerprint density at radius 2 is 1.97 bits per heavy atom. The second-order valence-electron chi connectivity index (χ2n) is 9.47. The van der Waals surface area contributed by atoms with Crippen molar-refractivity contribution in [3.8, 4) is 0 Å². The van der Waals surface area contributed by atoms with Crippen LogP contribution in [0.1, 0.15) is 40.5 Å². The van der Waals surface area contributed by atoms with Crippen LogP contribution in [0.3, 0.4) is 0 Å². The Morgan fingerprint density at radius 3 is 2.55 bits per heavy atom. The summed E-state index contributed by atoms with van der Waals surface area (Å²) in [5.74, 6) is 0.390. The van der Waals surface area contributed by atoms with E-state index in [1.54, 1.807) is 11.1 Å². The predicted molar refractivity (Wildman–Crippen MR) is 126 cm³/mol. The van der Waals surface area contributed by atoms with Gasteiger partial charge in [-0.25, -0.2) is 9.78 Å². The maximum absolute atomic E-state index is 13.7. The molecule has 0 aromatic carbocycles. The summed E-state index contributed by atoms with van der Waals surface area (Å²) < 4.78 is 4.69. The molecule has 10 heteroatoms. The van der Waals surface area contributed by atoms with Crippen molar-refractivity contribution in [2.24, 2.45) is 5.92 Å². The van der Waals surface area contributed by atoms with E-state index in [0.29, 0.717) is 38.3 Å². The smallest absolute Gasteiger partial charge is 0.407 e. The van der Waals surface area contributed by atoms with Crippen LogP contribution < -0.4 is 16.0 Å². The lowest BCUT2D eigenvalue weighted by molar-refractivity contribution is -0.152. The first-order valence-corrected chi connectivity index (χ1v) is 11.5. The zero-order valence-electron chi connectivity index (χ0n) is 20.2. The molecular formula is C23H36N6O4. The second kappa shape index (κ2) is 9.84. The van der Waals surface area contributed by atoms with Crippen molar-refractivity contribution in [2.45, 2.75) is 58.2 Å². The fourth-order valence-corrected chi connectivity index (χ4v) is 4.80. The van der Waals surface area contributed by atoms with Crippen LogP contribution >= 0.6 is 0 Å². The number of carbonyl (C=O) groups excluding carboxylic acids is 3. The highest BCUT2D eigenvalue weighted by Gasteiger charge is 2.50. The third-order valence-corrected chi connectivity index (χ3v) is 6.74. The molecule has 2 aliphatic heterocycles. The van der Waals surface area contributed by atoms with Crippen molar-refractivity contribution in [3.05, 3.63) is 18.3 Å². The van der Waals surface area contributed by atoms with Crippen LogP contribution in [0, 0.1) is 5.92 Å². The Kier molecular flexibility index (Phi) is 7.34. The summed E-state index contributed by atoms with van der Waals surface area (Å²) in [5.41, 5.74) is 5.42. The van der Waals surface area contributed by atoms with Gasteiger partial charge in [-0.3, -0.25) is 9.59 Å². The monoisotopic (exact) mass is 460 g/mol. The summed E-state index contributed by atoms with van der Waals surface area (Å²) in [6, 6.07) is 3.03. The van der Waals surface area contributed by atoms with Crippen molar-refractivity contribution in [3.63, 3.8) is 0 Å². The number of nitrogen functional groups attached to an aromatic ring is 1. The van der Waals surface area contributed by atoms with Crippen LogP contribution in [0.2, 0.25) is 0 Å². The van der Waals surface area contributed by atoms with E-state index in [9.17, 15) is 14.4 Å². The maximum atomic E-state index is 13.7. The highest BCUT2D eigenvalue weighted by Crippen LogP contribution is 2.33. The first-order chi connectivity index (χ1) is 15.6.